The fourth-order valence-corrected chi connectivity index (χ4v) is 2.19. The van der Waals surface area contributed by atoms with Gasteiger partial charge in [0.05, 0.1) is 30.4 Å². The molecule has 7 heteroatoms. The molecule has 1 aliphatic heterocycles. The molecule has 1 unspecified atom stereocenters. The third-order valence-electron chi connectivity index (χ3n) is 2.70. The lowest BCUT2D eigenvalue weighted by molar-refractivity contribution is -0.150. The first-order valence-electron chi connectivity index (χ1n) is 5.63. The van der Waals surface area contributed by atoms with Crippen LogP contribution in [-0.4, -0.2) is 36.5 Å². The molecule has 1 aliphatic rings. The van der Waals surface area contributed by atoms with Gasteiger partial charge in [-0.05, 0) is 15.9 Å². The topological polar surface area (TPSA) is 85.2 Å². The summed E-state index contributed by atoms with van der Waals surface area (Å²) < 4.78 is 15.7. The van der Waals surface area contributed by atoms with E-state index in [1.54, 1.807) is 0 Å². The number of phenolic OH excluding ortho intramolecular Hbond substituents is 1. The average Bonchev–Trinajstić information content (AvgIpc) is 2.63. The van der Waals surface area contributed by atoms with E-state index in [1.807, 2.05) is 0 Å². The number of carbonyl (C=O) groups is 1. The molecule has 0 saturated heterocycles. The van der Waals surface area contributed by atoms with Crippen molar-refractivity contribution in [3.8, 4) is 17.2 Å². The maximum Gasteiger partial charge on any atom is 0.339 e. The van der Waals surface area contributed by atoms with Gasteiger partial charge in [0.25, 0.3) is 0 Å². The van der Waals surface area contributed by atoms with E-state index in [0.29, 0.717) is 29.9 Å². The second kappa shape index (κ2) is 5.66. The number of aromatic hydroxyl groups is 1. The second-order valence-corrected chi connectivity index (χ2v) is 4.78. The maximum absolute atomic E-state index is 11.5. The maximum atomic E-state index is 11.5. The van der Waals surface area contributed by atoms with Crippen molar-refractivity contribution in [1.82, 2.24) is 0 Å². The van der Waals surface area contributed by atoms with Crippen molar-refractivity contribution in [3.05, 3.63) is 16.1 Å². The van der Waals surface area contributed by atoms with E-state index in [-0.39, 0.29) is 17.1 Å². The van der Waals surface area contributed by atoms with Gasteiger partial charge < -0.3 is 24.4 Å². The number of methoxy groups -OCH3 is 1. The molecule has 0 aliphatic carbocycles. The standard InChI is InChI=1S/C12H13BrO6/c1-17-12(16)10(15)8-9(14)6(13)5-7-11(8)19-4-2-3-18-7/h5,10,14-15H,2-4H2,1H3. The van der Waals surface area contributed by atoms with E-state index < -0.39 is 12.1 Å². The summed E-state index contributed by atoms with van der Waals surface area (Å²) in [6.07, 6.45) is -0.973. The normalized spacial score (nSPS) is 15.5. The average molecular weight is 333 g/mol. The molecule has 0 bridgehead atoms. The molecule has 0 radical (unpaired) electrons. The number of fused-ring (bicyclic) bond motifs is 1. The molecule has 19 heavy (non-hydrogen) atoms. The SMILES string of the molecule is COC(=O)C(O)c1c(O)c(Br)cc2c1OCCCO2. The number of aliphatic hydroxyl groups is 1. The van der Waals surface area contributed by atoms with Gasteiger partial charge >= 0.3 is 5.97 Å². The van der Waals surface area contributed by atoms with E-state index in [0.717, 1.165) is 7.11 Å². The minimum atomic E-state index is -1.64. The van der Waals surface area contributed by atoms with Gasteiger partial charge in [-0.2, -0.15) is 0 Å². The van der Waals surface area contributed by atoms with Crippen LogP contribution in [0.1, 0.15) is 18.1 Å². The van der Waals surface area contributed by atoms with Crippen LogP contribution in [-0.2, 0) is 9.53 Å². The minimum Gasteiger partial charge on any atom is -0.506 e. The molecule has 2 N–H and O–H groups in total. The Morgan fingerprint density at radius 1 is 1.47 bits per heavy atom. The summed E-state index contributed by atoms with van der Waals surface area (Å²) in [5.41, 5.74) is -0.0573. The fraction of sp³-hybridized carbons (Fsp3) is 0.417. The molecule has 0 aromatic heterocycles. The van der Waals surface area contributed by atoms with Crippen LogP contribution in [0.2, 0.25) is 0 Å². The first-order chi connectivity index (χ1) is 9.06. The molecule has 104 valence electrons. The molecule has 0 amide bonds. The first kappa shape index (κ1) is 14.0. The first-order valence-corrected chi connectivity index (χ1v) is 6.42. The molecule has 0 saturated carbocycles. The van der Waals surface area contributed by atoms with E-state index in [9.17, 15) is 15.0 Å². The smallest absolute Gasteiger partial charge is 0.339 e. The number of ether oxygens (including phenoxy) is 3. The van der Waals surface area contributed by atoms with E-state index >= 15 is 0 Å². The zero-order chi connectivity index (χ0) is 14.0. The van der Waals surface area contributed by atoms with Gasteiger partial charge in [0.2, 0.25) is 0 Å². The Morgan fingerprint density at radius 3 is 2.84 bits per heavy atom. The quantitative estimate of drug-likeness (QED) is 0.799. The van der Waals surface area contributed by atoms with Gasteiger partial charge in [-0.1, -0.05) is 0 Å². The summed E-state index contributed by atoms with van der Waals surface area (Å²) in [5, 5.41) is 20.0. The van der Waals surface area contributed by atoms with Crippen LogP contribution in [0.25, 0.3) is 0 Å². The highest BCUT2D eigenvalue weighted by molar-refractivity contribution is 9.10. The van der Waals surface area contributed by atoms with Crippen LogP contribution in [0.5, 0.6) is 17.2 Å². The third kappa shape index (κ3) is 2.62. The number of hydrogen-bond donors (Lipinski definition) is 2. The van der Waals surface area contributed by atoms with Gasteiger partial charge in [-0.3, -0.25) is 0 Å². The molecule has 1 aromatic rings. The van der Waals surface area contributed by atoms with Crippen molar-refractivity contribution in [2.45, 2.75) is 12.5 Å². The van der Waals surface area contributed by atoms with Crippen LogP contribution in [0.15, 0.2) is 10.5 Å². The summed E-state index contributed by atoms with van der Waals surface area (Å²) >= 11 is 3.14. The Bertz CT molecular complexity index is 501. The number of rotatable bonds is 2. The molecule has 0 spiro atoms. The molecule has 6 nitrogen and oxygen atoms in total. The van der Waals surface area contributed by atoms with Crippen LogP contribution in [0, 0.1) is 0 Å². The number of benzene rings is 1. The van der Waals surface area contributed by atoms with Crippen LogP contribution in [0.4, 0.5) is 0 Å². The fourth-order valence-electron chi connectivity index (χ4n) is 1.77. The Kier molecular flexibility index (Phi) is 4.16. The lowest BCUT2D eigenvalue weighted by Gasteiger charge is -2.18. The number of carbonyl (C=O) groups excluding carboxylic acids is 1. The van der Waals surface area contributed by atoms with Crippen LogP contribution < -0.4 is 9.47 Å². The van der Waals surface area contributed by atoms with Crippen molar-refractivity contribution in [2.75, 3.05) is 20.3 Å². The number of aliphatic hydroxyl groups excluding tert-OH is 1. The third-order valence-corrected chi connectivity index (χ3v) is 3.30. The largest absolute Gasteiger partial charge is 0.506 e. The summed E-state index contributed by atoms with van der Waals surface area (Å²) in [6, 6.07) is 1.53. The molecule has 2 rings (SSSR count). The lowest BCUT2D eigenvalue weighted by Crippen LogP contribution is -2.15. The van der Waals surface area contributed by atoms with Crippen molar-refractivity contribution in [1.29, 1.82) is 0 Å². The minimum absolute atomic E-state index is 0.0573. The number of esters is 1. The van der Waals surface area contributed by atoms with Gasteiger partial charge in [0, 0.05) is 12.5 Å². The van der Waals surface area contributed by atoms with Crippen molar-refractivity contribution >= 4 is 21.9 Å². The molecule has 1 atom stereocenters. The highest BCUT2D eigenvalue weighted by Gasteiger charge is 2.30. The van der Waals surface area contributed by atoms with Crippen LogP contribution >= 0.6 is 15.9 Å². The lowest BCUT2D eigenvalue weighted by atomic mass is 10.1. The van der Waals surface area contributed by atoms with E-state index in [4.69, 9.17) is 9.47 Å². The monoisotopic (exact) mass is 332 g/mol. The Hall–Kier alpha value is -1.47. The Labute approximate surface area is 118 Å². The summed E-state index contributed by atoms with van der Waals surface area (Å²) in [5.74, 6) is -0.637. The van der Waals surface area contributed by atoms with Crippen molar-refractivity contribution < 1.29 is 29.2 Å². The highest BCUT2D eigenvalue weighted by Crippen LogP contribution is 2.46. The number of halogens is 1. The van der Waals surface area contributed by atoms with Crippen molar-refractivity contribution in [3.63, 3.8) is 0 Å². The molecule has 0 fully saturated rings. The van der Waals surface area contributed by atoms with Gasteiger partial charge in [-0.25, -0.2) is 4.79 Å². The van der Waals surface area contributed by atoms with Crippen LogP contribution in [0.3, 0.4) is 0 Å². The second-order valence-electron chi connectivity index (χ2n) is 3.92. The van der Waals surface area contributed by atoms with Crippen molar-refractivity contribution in [2.24, 2.45) is 0 Å². The van der Waals surface area contributed by atoms with E-state index in [1.165, 1.54) is 6.07 Å². The Morgan fingerprint density at radius 2 is 2.16 bits per heavy atom. The molecular formula is C12H13BrO6. The van der Waals surface area contributed by atoms with Gasteiger partial charge in [0.1, 0.15) is 5.75 Å². The summed E-state index contributed by atoms with van der Waals surface area (Å²) in [4.78, 5) is 11.5. The molecule has 1 heterocycles. The highest BCUT2D eigenvalue weighted by atomic mass is 79.9. The number of hydrogen-bond acceptors (Lipinski definition) is 6. The van der Waals surface area contributed by atoms with Gasteiger partial charge in [0.15, 0.2) is 17.6 Å². The summed E-state index contributed by atoms with van der Waals surface area (Å²) in [7, 11) is 1.15. The zero-order valence-corrected chi connectivity index (χ0v) is 11.8. The summed E-state index contributed by atoms with van der Waals surface area (Å²) in [6.45, 7) is 0.826. The van der Waals surface area contributed by atoms with E-state index in [2.05, 4.69) is 20.7 Å². The van der Waals surface area contributed by atoms with Gasteiger partial charge in [-0.15, -0.1) is 0 Å². The molecular weight excluding hydrogens is 320 g/mol. The zero-order valence-electron chi connectivity index (χ0n) is 10.2. The molecule has 1 aromatic carbocycles. The predicted molar refractivity (Wildman–Crippen MR) is 68.4 cm³/mol. The number of phenols is 1. The Balaban J connectivity index is 2.57. The predicted octanol–water partition coefficient (Wildman–Crippen LogP) is 1.52.